The van der Waals surface area contributed by atoms with E-state index >= 15 is 0 Å². The second-order valence-corrected chi connectivity index (χ2v) is 11.2. The molecule has 0 saturated heterocycles. The molecule has 0 aromatic heterocycles. The normalized spacial score (nSPS) is 15.5. The molecule has 0 saturated carbocycles. The van der Waals surface area contributed by atoms with Crippen LogP contribution in [0.15, 0.2) is 0 Å². The molecule has 5 heteroatoms. The van der Waals surface area contributed by atoms with Crippen LogP contribution < -0.4 is 0 Å². The molecule has 0 N–H and O–H groups in total. The lowest BCUT2D eigenvalue weighted by molar-refractivity contribution is -0.250. The molecular weight excluding hydrogens is 455 g/mol. The fraction of sp³-hybridized carbons (Fsp3) is 1.00. The van der Waals surface area contributed by atoms with Crippen LogP contribution in [0.25, 0.3) is 0 Å². The lowest BCUT2D eigenvalue weighted by Crippen LogP contribution is -2.28. The Morgan fingerprint density at radius 1 is 0.485 bits per heavy atom. The van der Waals surface area contributed by atoms with Crippen molar-refractivity contribution in [2.75, 3.05) is 13.2 Å². The molecule has 0 heterocycles. The summed E-state index contributed by atoms with van der Waals surface area (Å²) in [6, 6.07) is 0. The first-order valence-corrected chi connectivity index (χ1v) is 15.0. The zero-order valence-electron chi connectivity index (χ0n) is 22.4. The third-order valence-corrected chi connectivity index (χ3v) is 6.43. The summed E-state index contributed by atoms with van der Waals surface area (Å²) in [5.41, 5.74) is 0. The topological polar surface area (TPSA) is 27.7 Å². The molecule has 4 unspecified atom stereocenters. The minimum atomic E-state index is -0.209. The summed E-state index contributed by atoms with van der Waals surface area (Å²) >= 11 is 12.3. The van der Waals surface area contributed by atoms with Crippen LogP contribution in [-0.2, 0) is 14.2 Å². The number of halogens is 2. The van der Waals surface area contributed by atoms with Gasteiger partial charge in [-0.05, 0) is 65.2 Å². The van der Waals surface area contributed by atoms with Crippen molar-refractivity contribution in [3.63, 3.8) is 0 Å². The summed E-state index contributed by atoms with van der Waals surface area (Å²) in [5.74, 6) is 0. The molecular formula is C28H56Cl2O3. The average Bonchev–Trinajstić information content (AvgIpc) is 2.76. The third kappa shape index (κ3) is 25.4. The fourth-order valence-corrected chi connectivity index (χ4v) is 4.19. The number of ether oxygens (including phenoxy) is 3. The predicted molar refractivity (Wildman–Crippen MR) is 146 cm³/mol. The molecule has 0 rings (SSSR count). The summed E-state index contributed by atoms with van der Waals surface area (Å²) in [7, 11) is 0. The van der Waals surface area contributed by atoms with E-state index in [2.05, 4.69) is 13.8 Å². The number of alkyl halides is 2. The SMILES string of the molecule is CCCCCCCCOC(CCCC(C)Cl)OC(CCCC(C)Cl)OCCCCCCCC. The van der Waals surface area contributed by atoms with Crippen molar-refractivity contribution in [1.29, 1.82) is 0 Å². The first kappa shape index (κ1) is 33.5. The van der Waals surface area contributed by atoms with Crippen LogP contribution in [0.2, 0.25) is 0 Å². The van der Waals surface area contributed by atoms with Gasteiger partial charge < -0.3 is 14.2 Å². The number of rotatable bonds is 26. The van der Waals surface area contributed by atoms with Gasteiger partial charge in [-0.2, -0.15) is 0 Å². The minimum absolute atomic E-state index is 0.189. The van der Waals surface area contributed by atoms with E-state index in [1.807, 2.05) is 13.8 Å². The second-order valence-electron chi connectivity index (χ2n) is 9.70. The van der Waals surface area contributed by atoms with Gasteiger partial charge in [0.1, 0.15) is 0 Å². The van der Waals surface area contributed by atoms with Crippen LogP contribution in [0.5, 0.6) is 0 Å². The van der Waals surface area contributed by atoms with Gasteiger partial charge in [0.15, 0.2) is 12.6 Å². The van der Waals surface area contributed by atoms with Crippen molar-refractivity contribution in [3.05, 3.63) is 0 Å². The lowest BCUT2D eigenvalue weighted by atomic mass is 10.1. The molecule has 0 aromatic rings. The quantitative estimate of drug-likeness (QED) is 0.0657. The van der Waals surface area contributed by atoms with Crippen LogP contribution in [0, 0.1) is 0 Å². The minimum Gasteiger partial charge on any atom is -0.353 e. The zero-order chi connectivity index (χ0) is 24.6. The summed E-state index contributed by atoms with van der Waals surface area (Å²) in [6.07, 6.45) is 20.5. The molecule has 0 spiro atoms. The summed E-state index contributed by atoms with van der Waals surface area (Å²) < 4.78 is 18.8. The van der Waals surface area contributed by atoms with Gasteiger partial charge in [0, 0.05) is 24.0 Å². The molecule has 0 bridgehead atoms. The number of unbranched alkanes of at least 4 members (excludes halogenated alkanes) is 10. The maximum absolute atomic E-state index is 6.37. The van der Waals surface area contributed by atoms with E-state index < -0.39 is 0 Å². The van der Waals surface area contributed by atoms with Crippen LogP contribution in [-0.4, -0.2) is 36.5 Å². The number of hydrogen-bond donors (Lipinski definition) is 0. The van der Waals surface area contributed by atoms with E-state index in [9.17, 15) is 0 Å². The maximum atomic E-state index is 6.37. The van der Waals surface area contributed by atoms with Crippen molar-refractivity contribution in [2.24, 2.45) is 0 Å². The van der Waals surface area contributed by atoms with Crippen molar-refractivity contribution in [2.45, 2.75) is 167 Å². The van der Waals surface area contributed by atoms with Gasteiger partial charge >= 0.3 is 0 Å². The van der Waals surface area contributed by atoms with Gasteiger partial charge in [-0.15, -0.1) is 23.2 Å². The molecule has 0 fully saturated rings. The van der Waals surface area contributed by atoms with E-state index in [0.717, 1.165) is 64.6 Å². The highest BCUT2D eigenvalue weighted by molar-refractivity contribution is 6.20. The van der Waals surface area contributed by atoms with Gasteiger partial charge in [-0.3, -0.25) is 0 Å². The second kappa shape index (κ2) is 25.5. The highest BCUT2D eigenvalue weighted by Gasteiger charge is 2.18. The summed E-state index contributed by atoms with van der Waals surface area (Å²) in [6.45, 7) is 10.1. The monoisotopic (exact) mass is 510 g/mol. The molecule has 0 aliphatic heterocycles. The Kier molecular flexibility index (Phi) is 25.9. The zero-order valence-corrected chi connectivity index (χ0v) is 23.9. The van der Waals surface area contributed by atoms with Crippen molar-refractivity contribution in [3.8, 4) is 0 Å². The third-order valence-electron chi connectivity index (χ3n) is 5.99. The fourth-order valence-electron chi connectivity index (χ4n) is 3.88. The van der Waals surface area contributed by atoms with Crippen LogP contribution in [0.3, 0.4) is 0 Å². The van der Waals surface area contributed by atoms with Gasteiger partial charge in [0.2, 0.25) is 0 Å². The van der Waals surface area contributed by atoms with Gasteiger partial charge in [-0.25, -0.2) is 0 Å². The van der Waals surface area contributed by atoms with Crippen LogP contribution in [0.1, 0.15) is 143 Å². The molecule has 0 radical (unpaired) electrons. The Morgan fingerprint density at radius 3 is 1.21 bits per heavy atom. The summed E-state index contributed by atoms with van der Waals surface area (Å²) in [4.78, 5) is 0. The first-order valence-electron chi connectivity index (χ1n) is 14.2. The van der Waals surface area contributed by atoms with Gasteiger partial charge in [0.05, 0.1) is 0 Å². The van der Waals surface area contributed by atoms with Gasteiger partial charge in [0.25, 0.3) is 0 Å². The van der Waals surface area contributed by atoms with Crippen molar-refractivity contribution in [1.82, 2.24) is 0 Å². The maximum Gasteiger partial charge on any atom is 0.160 e. The van der Waals surface area contributed by atoms with Crippen molar-refractivity contribution >= 4 is 23.2 Å². The molecule has 0 aromatic carbocycles. The van der Waals surface area contributed by atoms with E-state index in [4.69, 9.17) is 37.4 Å². The van der Waals surface area contributed by atoms with E-state index in [1.165, 1.54) is 64.2 Å². The Morgan fingerprint density at radius 2 is 0.848 bits per heavy atom. The van der Waals surface area contributed by atoms with E-state index in [-0.39, 0.29) is 23.3 Å². The summed E-state index contributed by atoms with van der Waals surface area (Å²) in [5, 5.41) is 0.378. The van der Waals surface area contributed by atoms with E-state index in [0.29, 0.717) is 0 Å². The predicted octanol–water partition coefficient (Wildman–Crippen LogP) is 10.0. The average molecular weight is 512 g/mol. The van der Waals surface area contributed by atoms with E-state index in [1.54, 1.807) is 0 Å². The Labute approximate surface area is 217 Å². The molecule has 200 valence electrons. The van der Waals surface area contributed by atoms with Gasteiger partial charge in [-0.1, -0.05) is 78.1 Å². The molecule has 0 aliphatic rings. The smallest absolute Gasteiger partial charge is 0.160 e. The highest BCUT2D eigenvalue weighted by Crippen LogP contribution is 2.19. The molecule has 3 nitrogen and oxygen atoms in total. The molecule has 4 atom stereocenters. The largest absolute Gasteiger partial charge is 0.353 e. The van der Waals surface area contributed by atoms with Crippen LogP contribution in [0.4, 0.5) is 0 Å². The standard InChI is InChI=1S/C28H56Cl2O3/c1-5-7-9-11-13-15-23-31-27(21-17-19-25(3)29)33-28(22-18-20-26(4)30)32-24-16-14-12-10-8-6-2/h25-28H,5-24H2,1-4H3. The Hall–Kier alpha value is 0.460. The molecule has 0 amide bonds. The molecule has 33 heavy (non-hydrogen) atoms. The molecule has 0 aliphatic carbocycles. The Bertz CT molecular complexity index is 346. The Balaban J connectivity index is 4.52. The first-order chi connectivity index (χ1) is 16.0. The lowest BCUT2D eigenvalue weighted by Gasteiger charge is -2.26. The highest BCUT2D eigenvalue weighted by atomic mass is 35.5. The van der Waals surface area contributed by atoms with Crippen molar-refractivity contribution < 1.29 is 14.2 Å². The van der Waals surface area contributed by atoms with Crippen LogP contribution >= 0.6 is 23.2 Å². The number of hydrogen-bond acceptors (Lipinski definition) is 3.